The zero-order valence-electron chi connectivity index (χ0n) is 26.7. The zero-order chi connectivity index (χ0) is 30.3. The summed E-state index contributed by atoms with van der Waals surface area (Å²) in [5, 5.41) is 0. The largest absolute Gasteiger partial charge is 0.399 e. The molecule has 0 saturated carbocycles. The SMILES string of the molecule is CC(c1ccc(N)cc1)c1ccc(CCCCCCCCCCCCCc2ccc(C(C)c3ccc(N)cc3)cc2)cc1. The van der Waals surface area contributed by atoms with E-state index in [0.29, 0.717) is 11.8 Å². The number of nitrogens with two attached hydrogens (primary N) is 2. The minimum absolute atomic E-state index is 0.397. The van der Waals surface area contributed by atoms with E-state index in [1.54, 1.807) is 0 Å². The second-order valence-electron chi connectivity index (χ2n) is 12.6. The number of aryl methyl sites for hydroxylation is 2. The van der Waals surface area contributed by atoms with Gasteiger partial charge in [-0.05, 0) is 83.3 Å². The van der Waals surface area contributed by atoms with Crippen molar-refractivity contribution in [3.63, 3.8) is 0 Å². The van der Waals surface area contributed by atoms with Gasteiger partial charge in [0, 0.05) is 23.2 Å². The summed E-state index contributed by atoms with van der Waals surface area (Å²) < 4.78 is 0. The van der Waals surface area contributed by atoms with Crippen LogP contribution in [-0.4, -0.2) is 0 Å². The van der Waals surface area contributed by atoms with Gasteiger partial charge in [-0.15, -0.1) is 0 Å². The summed E-state index contributed by atoms with van der Waals surface area (Å²) in [7, 11) is 0. The Morgan fingerprint density at radius 3 is 0.860 bits per heavy atom. The monoisotopic (exact) mass is 574 g/mol. The third kappa shape index (κ3) is 10.9. The van der Waals surface area contributed by atoms with Crippen molar-refractivity contribution in [2.24, 2.45) is 0 Å². The normalized spacial score (nSPS) is 12.7. The van der Waals surface area contributed by atoms with Gasteiger partial charge in [-0.1, -0.05) is 144 Å². The van der Waals surface area contributed by atoms with Crippen LogP contribution in [0, 0.1) is 0 Å². The van der Waals surface area contributed by atoms with Gasteiger partial charge in [-0.3, -0.25) is 0 Å². The van der Waals surface area contributed by atoms with E-state index in [1.165, 1.54) is 117 Å². The van der Waals surface area contributed by atoms with Crippen molar-refractivity contribution < 1.29 is 0 Å². The Kier molecular flexibility index (Phi) is 13.2. The molecule has 4 N–H and O–H groups in total. The van der Waals surface area contributed by atoms with Crippen LogP contribution in [0.3, 0.4) is 0 Å². The smallest absolute Gasteiger partial charge is 0.0314 e. The number of benzene rings is 4. The van der Waals surface area contributed by atoms with Gasteiger partial charge >= 0.3 is 0 Å². The summed E-state index contributed by atoms with van der Waals surface area (Å²) in [6.45, 7) is 4.54. The lowest BCUT2D eigenvalue weighted by Gasteiger charge is -2.13. The molecule has 228 valence electrons. The summed E-state index contributed by atoms with van der Waals surface area (Å²) in [5.41, 5.74) is 21.7. The third-order valence-electron chi connectivity index (χ3n) is 9.26. The van der Waals surface area contributed by atoms with E-state index in [-0.39, 0.29) is 0 Å². The first-order chi connectivity index (χ1) is 21.0. The lowest BCUT2D eigenvalue weighted by atomic mass is 9.92. The van der Waals surface area contributed by atoms with Crippen molar-refractivity contribution in [1.82, 2.24) is 0 Å². The van der Waals surface area contributed by atoms with Gasteiger partial charge in [0.15, 0.2) is 0 Å². The van der Waals surface area contributed by atoms with E-state index < -0.39 is 0 Å². The lowest BCUT2D eigenvalue weighted by Crippen LogP contribution is -1.97. The standard InChI is InChI=1S/C41H54N2/c1-32(38-24-28-40(42)29-25-38)36-20-16-34(17-21-36)14-12-10-8-6-4-3-5-7-9-11-13-15-35-18-22-37(23-19-35)33(2)39-26-30-41(43)31-27-39/h16-33H,3-15,42-43H2,1-2H3. The summed E-state index contributed by atoms with van der Waals surface area (Å²) in [5.74, 6) is 0.795. The minimum atomic E-state index is 0.397. The molecule has 0 spiro atoms. The molecule has 0 amide bonds. The van der Waals surface area contributed by atoms with E-state index in [2.05, 4.69) is 86.6 Å². The Hall–Kier alpha value is -3.52. The molecule has 0 aliphatic heterocycles. The maximum atomic E-state index is 5.84. The Morgan fingerprint density at radius 2 is 0.581 bits per heavy atom. The summed E-state index contributed by atoms with van der Waals surface area (Å²) >= 11 is 0. The van der Waals surface area contributed by atoms with Crippen LogP contribution < -0.4 is 11.5 Å². The minimum Gasteiger partial charge on any atom is -0.399 e. The Morgan fingerprint density at radius 1 is 0.349 bits per heavy atom. The molecule has 4 aromatic carbocycles. The van der Waals surface area contributed by atoms with Crippen molar-refractivity contribution in [3.05, 3.63) is 130 Å². The van der Waals surface area contributed by atoms with Gasteiger partial charge in [0.25, 0.3) is 0 Å². The summed E-state index contributed by atoms with van der Waals surface area (Å²) in [6.07, 6.45) is 17.5. The van der Waals surface area contributed by atoms with Gasteiger partial charge in [-0.25, -0.2) is 0 Å². The molecule has 2 nitrogen and oxygen atoms in total. The lowest BCUT2D eigenvalue weighted by molar-refractivity contribution is 0.545. The molecule has 0 fully saturated rings. The number of hydrogen-bond donors (Lipinski definition) is 2. The molecule has 0 saturated heterocycles. The first-order valence-corrected chi connectivity index (χ1v) is 16.9. The van der Waals surface area contributed by atoms with Crippen molar-refractivity contribution in [3.8, 4) is 0 Å². The molecule has 0 aliphatic rings. The quantitative estimate of drug-likeness (QED) is 0.0917. The van der Waals surface area contributed by atoms with Gasteiger partial charge in [0.05, 0.1) is 0 Å². The van der Waals surface area contributed by atoms with Gasteiger partial charge in [-0.2, -0.15) is 0 Å². The highest BCUT2D eigenvalue weighted by molar-refractivity contribution is 5.44. The zero-order valence-corrected chi connectivity index (χ0v) is 26.7. The van der Waals surface area contributed by atoms with Crippen molar-refractivity contribution in [2.45, 2.75) is 109 Å². The Labute approximate surface area is 261 Å². The maximum Gasteiger partial charge on any atom is 0.0314 e. The highest BCUT2D eigenvalue weighted by Gasteiger charge is 2.09. The molecule has 4 aromatic rings. The third-order valence-corrected chi connectivity index (χ3v) is 9.26. The average Bonchev–Trinajstić information content (AvgIpc) is 3.04. The van der Waals surface area contributed by atoms with Crippen LogP contribution in [0.15, 0.2) is 97.1 Å². The number of unbranched alkanes of at least 4 members (excludes halogenated alkanes) is 10. The molecular weight excluding hydrogens is 520 g/mol. The molecular formula is C41H54N2. The first kappa shape index (κ1) is 32.4. The number of rotatable bonds is 18. The average molecular weight is 575 g/mol. The van der Waals surface area contributed by atoms with E-state index >= 15 is 0 Å². The van der Waals surface area contributed by atoms with Crippen LogP contribution in [0.25, 0.3) is 0 Å². The highest BCUT2D eigenvalue weighted by Crippen LogP contribution is 2.27. The topological polar surface area (TPSA) is 52.0 Å². The fraction of sp³-hybridized carbons (Fsp3) is 0.415. The molecule has 0 heterocycles. The molecule has 4 rings (SSSR count). The first-order valence-electron chi connectivity index (χ1n) is 16.9. The van der Waals surface area contributed by atoms with E-state index in [4.69, 9.17) is 11.5 Å². The van der Waals surface area contributed by atoms with Gasteiger partial charge in [0.2, 0.25) is 0 Å². The molecule has 0 aromatic heterocycles. The molecule has 43 heavy (non-hydrogen) atoms. The molecule has 2 heteroatoms. The van der Waals surface area contributed by atoms with E-state index in [9.17, 15) is 0 Å². The van der Waals surface area contributed by atoms with Crippen LogP contribution in [0.1, 0.15) is 130 Å². The number of hydrogen-bond acceptors (Lipinski definition) is 2. The second kappa shape index (κ2) is 17.6. The summed E-state index contributed by atoms with van der Waals surface area (Å²) in [6, 6.07) is 35.0. The van der Waals surface area contributed by atoms with Crippen LogP contribution in [0.5, 0.6) is 0 Å². The Bertz CT molecular complexity index is 1200. The van der Waals surface area contributed by atoms with Gasteiger partial charge in [0.1, 0.15) is 0 Å². The predicted molar refractivity (Wildman–Crippen MR) is 188 cm³/mol. The summed E-state index contributed by atoms with van der Waals surface area (Å²) in [4.78, 5) is 0. The van der Waals surface area contributed by atoms with Crippen LogP contribution in [0.4, 0.5) is 11.4 Å². The van der Waals surface area contributed by atoms with E-state index in [0.717, 1.165) is 11.4 Å². The van der Waals surface area contributed by atoms with Crippen LogP contribution in [-0.2, 0) is 12.8 Å². The number of nitrogen functional groups attached to an aromatic ring is 2. The van der Waals surface area contributed by atoms with E-state index in [1.807, 2.05) is 24.3 Å². The molecule has 2 unspecified atom stereocenters. The molecule has 0 bridgehead atoms. The highest BCUT2D eigenvalue weighted by atomic mass is 14.5. The second-order valence-corrected chi connectivity index (χ2v) is 12.6. The van der Waals surface area contributed by atoms with Crippen molar-refractivity contribution >= 4 is 11.4 Å². The van der Waals surface area contributed by atoms with Crippen molar-refractivity contribution in [1.29, 1.82) is 0 Å². The number of anilines is 2. The molecule has 2 atom stereocenters. The molecule has 0 aliphatic carbocycles. The fourth-order valence-electron chi connectivity index (χ4n) is 6.15. The maximum absolute atomic E-state index is 5.84. The van der Waals surface area contributed by atoms with Gasteiger partial charge < -0.3 is 11.5 Å². The molecule has 0 radical (unpaired) electrons. The Balaban J connectivity index is 0.971. The predicted octanol–water partition coefficient (Wildman–Crippen LogP) is 11.2. The fourth-order valence-corrected chi connectivity index (χ4v) is 6.15. The van der Waals surface area contributed by atoms with Crippen LogP contribution >= 0.6 is 0 Å². The van der Waals surface area contributed by atoms with Crippen LogP contribution in [0.2, 0.25) is 0 Å². The van der Waals surface area contributed by atoms with Crippen molar-refractivity contribution in [2.75, 3.05) is 11.5 Å².